The zero-order valence-electron chi connectivity index (χ0n) is 15.8. The number of pyridine rings is 1. The van der Waals surface area contributed by atoms with Gasteiger partial charge in [0.15, 0.2) is 0 Å². The van der Waals surface area contributed by atoms with Crippen molar-refractivity contribution in [1.29, 1.82) is 0 Å². The Morgan fingerprint density at radius 1 is 1.39 bits per heavy atom. The summed E-state index contributed by atoms with van der Waals surface area (Å²) >= 11 is 0. The van der Waals surface area contributed by atoms with Gasteiger partial charge in [0.05, 0.1) is 12.1 Å². The molecule has 1 fully saturated rings. The van der Waals surface area contributed by atoms with E-state index in [1.165, 1.54) is 0 Å². The normalized spacial score (nSPS) is 17.0. The van der Waals surface area contributed by atoms with Gasteiger partial charge in [-0.25, -0.2) is 4.98 Å². The molecule has 7 heteroatoms. The molecule has 5 rings (SSSR count). The van der Waals surface area contributed by atoms with Crippen LogP contribution in [0.5, 0.6) is 5.75 Å². The number of hydrogen-bond donors (Lipinski definition) is 2. The molecule has 1 amide bonds. The van der Waals surface area contributed by atoms with Crippen LogP contribution in [0.1, 0.15) is 24.8 Å². The number of nitrogens with zero attached hydrogens (tertiary/aromatic N) is 3. The Morgan fingerprint density at radius 3 is 3.00 bits per heavy atom. The molecular formula is C21H23N5O2. The summed E-state index contributed by atoms with van der Waals surface area (Å²) in [5.74, 6) is 1.70. The Labute approximate surface area is 162 Å². The number of nitrogens with one attached hydrogen (secondary N) is 1. The van der Waals surface area contributed by atoms with Crippen LogP contribution in [-0.4, -0.2) is 33.1 Å². The summed E-state index contributed by atoms with van der Waals surface area (Å²) in [7, 11) is 0. The number of hydrogen-bond acceptors (Lipinski definition) is 5. The first-order valence-electron chi connectivity index (χ1n) is 9.76. The molecule has 1 atom stereocenters. The van der Waals surface area contributed by atoms with Crippen molar-refractivity contribution >= 4 is 22.6 Å². The summed E-state index contributed by atoms with van der Waals surface area (Å²) in [5, 5.41) is 3.32. The first kappa shape index (κ1) is 17.0. The predicted octanol–water partition coefficient (Wildman–Crippen LogP) is 2.87. The van der Waals surface area contributed by atoms with E-state index in [0.29, 0.717) is 12.5 Å². The molecule has 0 radical (unpaired) electrons. The van der Waals surface area contributed by atoms with E-state index >= 15 is 0 Å². The highest BCUT2D eigenvalue weighted by molar-refractivity contribution is 5.91. The number of ether oxygens (including phenoxy) is 1. The van der Waals surface area contributed by atoms with E-state index in [1.54, 1.807) is 6.20 Å². The van der Waals surface area contributed by atoms with Crippen LogP contribution in [-0.2, 0) is 11.3 Å². The van der Waals surface area contributed by atoms with Gasteiger partial charge in [-0.15, -0.1) is 0 Å². The lowest BCUT2D eigenvalue weighted by molar-refractivity contribution is -0.119. The number of anilines is 1. The molecule has 28 heavy (non-hydrogen) atoms. The van der Waals surface area contributed by atoms with Crippen molar-refractivity contribution in [2.75, 3.05) is 11.9 Å². The Bertz CT molecular complexity index is 1070. The van der Waals surface area contributed by atoms with Crippen molar-refractivity contribution in [1.82, 2.24) is 14.5 Å². The number of benzene rings is 1. The smallest absolute Gasteiger partial charge is 0.240 e. The van der Waals surface area contributed by atoms with Crippen molar-refractivity contribution in [3.05, 3.63) is 36.2 Å². The number of primary amides is 1. The largest absolute Gasteiger partial charge is 0.491 e. The molecule has 1 aliphatic heterocycles. The summed E-state index contributed by atoms with van der Waals surface area (Å²) in [5.41, 5.74) is 10.4. The maximum atomic E-state index is 11.9. The average molecular weight is 377 g/mol. The highest BCUT2D eigenvalue weighted by atomic mass is 16.5. The predicted molar refractivity (Wildman–Crippen MR) is 107 cm³/mol. The molecule has 144 valence electrons. The standard InChI is InChI=1S/C21H23N5O2/c1-12-5-6-23-11-15(12)21-25-16-9-14(24-18(20(22)27)13-3-4-13)10-17-19(16)26(21)7-2-8-28-17/h5-6,9-11,13,18,24H,2-4,7-8H2,1H3,(H2,22,27)/t18-/m0/s1. The number of nitrogens with two attached hydrogens (primary N) is 1. The Hall–Kier alpha value is -3.09. The summed E-state index contributed by atoms with van der Waals surface area (Å²) in [6, 6.07) is 5.59. The lowest BCUT2D eigenvalue weighted by atomic mass is 10.1. The van der Waals surface area contributed by atoms with Crippen molar-refractivity contribution in [2.24, 2.45) is 11.7 Å². The van der Waals surface area contributed by atoms with Gasteiger partial charge in [-0.05, 0) is 49.8 Å². The summed E-state index contributed by atoms with van der Waals surface area (Å²) in [6.07, 6.45) is 6.63. The molecule has 2 aromatic heterocycles. The quantitative estimate of drug-likeness (QED) is 0.713. The molecule has 7 nitrogen and oxygen atoms in total. The highest BCUT2D eigenvalue weighted by Gasteiger charge is 2.35. The van der Waals surface area contributed by atoms with Gasteiger partial charge in [0.2, 0.25) is 5.91 Å². The second-order valence-electron chi connectivity index (χ2n) is 7.68. The van der Waals surface area contributed by atoms with Gasteiger partial charge in [0.1, 0.15) is 23.1 Å². The van der Waals surface area contributed by atoms with Gasteiger partial charge < -0.3 is 20.4 Å². The van der Waals surface area contributed by atoms with E-state index in [0.717, 1.165) is 65.2 Å². The van der Waals surface area contributed by atoms with Crippen molar-refractivity contribution in [3.8, 4) is 17.1 Å². The minimum Gasteiger partial charge on any atom is -0.491 e. The molecule has 3 N–H and O–H groups in total. The number of aromatic nitrogens is 3. The topological polar surface area (TPSA) is 95.1 Å². The van der Waals surface area contributed by atoms with Crippen LogP contribution in [0.4, 0.5) is 5.69 Å². The number of carbonyl (C=O) groups excluding carboxylic acids is 1. The Balaban J connectivity index is 1.64. The van der Waals surface area contributed by atoms with E-state index in [4.69, 9.17) is 15.5 Å². The van der Waals surface area contributed by atoms with Gasteiger partial charge in [-0.3, -0.25) is 9.78 Å². The van der Waals surface area contributed by atoms with Gasteiger partial charge in [-0.1, -0.05) is 0 Å². The number of amides is 1. The van der Waals surface area contributed by atoms with Crippen molar-refractivity contribution in [3.63, 3.8) is 0 Å². The van der Waals surface area contributed by atoms with Crippen molar-refractivity contribution in [2.45, 2.75) is 38.8 Å². The molecule has 2 aliphatic rings. The van der Waals surface area contributed by atoms with Gasteiger partial charge in [0.25, 0.3) is 0 Å². The summed E-state index contributed by atoms with van der Waals surface area (Å²) in [4.78, 5) is 21.1. The number of rotatable bonds is 5. The van der Waals surface area contributed by atoms with Crippen LogP contribution >= 0.6 is 0 Å². The van der Waals surface area contributed by atoms with Crippen molar-refractivity contribution < 1.29 is 9.53 Å². The summed E-state index contributed by atoms with van der Waals surface area (Å²) in [6.45, 7) is 3.55. The van der Waals surface area contributed by atoms with Gasteiger partial charge in [0, 0.05) is 36.3 Å². The minimum atomic E-state index is -0.349. The average Bonchev–Trinajstić information content (AvgIpc) is 3.47. The van der Waals surface area contributed by atoms with Crippen LogP contribution in [0.25, 0.3) is 22.4 Å². The van der Waals surface area contributed by atoms with E-state index in [1.807, 2.05) is 24.4 Å². The zero-order chi connectivity index (χ0) is 19.3. The lowest BCUT2D eigenvalue weighted by Crippen LogP contribution is -2.37. The van der Waals surface area contributed by atoms with Gasteiger partial charge in [-0.2, -0.15) is 0 Å². The fourth-order valence-electron chi connectivity index (χ4n) is 3.98. The maximum Gasteiger partial charge on any atom is 0.240 e. The van der Waals surface area contributed by atoms with Crippen LogP contribution in [0.15, 0.2) is 30.6 Å². The molecule has 0 saturated heterocycles. The zero-order valence-corrected chi connectivity index (χ0v) is 15.8. The third kappa shape index (κ3) is 2.87. The molecular weight excluding hydrogens is 354 g/mol. The fourth-order valence-corrected chi connectivity index (χ4v) is 3.98. The second-order valence-corrected chi connectivity index (χ2v) is 7.68. The molecule has 0 spiro atoms. The van der Waals surface area contributed by atoms with E-state index in [-0.39, 0.29) is 11.9 Å². The number of aryl methyl sites for hydroxylation is 2. The molecule has 1 saturated carbocycles. The highest BCUT2D eigenvalue weighted by Crippen LogP contribution is 2.38. The van der Waals surface area contributed by atoms with Crippen LogP contribution in [0.2, 0.25) is 0 Å². The second kappa shape index (κ2) is 6.51. The molecule has 3 aromatic rings. The minimum absolute atomic E-state index is 0.313. The molecule has 0 unspecified atom stereocenters. The lowest BCUT2D eigenvalue weighted by Gasteiger charge is -2.17. The molecule has 1 aromatic carbocycles. The molecule has 0 bridgehead atoms. The van der Waals surface area contributed by atoms with Gasteiger partial charge >= 0.3 is 0 Å². The first-order valence-corrected chi connectivity index (χ1v) is 9.76. The third-order valence-electron chi connectivity index (χ3n) is 5.59. The Morgan fingerprint density at radius 2 is 2.25 bits per heavy atom. The molecule has 3 heterocycles. The third-order valence-corrected chi connectivity index (χ3v) is 5.59. The van der Waals surface area contributed by atoms with E-state index in [2.05, 4.69) is 21.8 Å². The monoisotopic (exact) mass is 377 g/mol. The number of carbonyl (C=O) groups is 1. The first-order chi connectivity index (χ1) is 13.6. The number of imidazole rings is 1. The van der Waals surface area contributed by atoms with E-state index in [9.17, 15) is 4.79 Å². The van der Waals surface area contributed by atoms with Crippen LogP contribution in [0.3, 0.4) is 0 Å². The Kier molecular flexibility index (Phi) is 3.96. The van der Waals surface area contributed by atoms with Crippen LogP contribution in [0, 0.1) is 12.8 Å². The SMILES string of the molecule is Cc1ccncc1-c1nc2cc(N[C@H](C(N)=O)C3CC3)cc3c2n1CCCO3. The maximum absolute atomic E-state index is 11.9. The summed E-state index contributed by atoms with van der Waals surface area (Å²) < 4.78 is 8.25. The fraction of sp³-hybridized carbons (Fsp3) is 0.381. The molecule has 1 aliphatic carbocycles. The van der Waals surface area contributed by atoms with E-state index < -0.39 is 0 Å². The van der Waals surface area contributed by atoms with Crippen LogP contribution < -0.4 is 15.8 Å².